The van der Waals surface area contributed by atoms with Crippen LogP contribution in [0.3, 0.4) is 0 Å². The molecule has 0 aliphatic heterocycles. The molecule has 0 atom stereocenters. The average molecular weight is 450 g/mol. The van der Waals surface area contributed by atoms with E-state index in [1.807, 2.05) is 6.07 Å². The van der Waals surface area contributed by atoms with Crippen LogP contribution in [0.25, 0.3) is 21.5 Å². The number of carbonyl (C=O) groups is 1. The van der Waals surface area contributed by atoms with Crippen LogP contribution in [0.4, 0.5) is 11.6 Å². The summed E-state index contributed by atoms with van der Waals surface area (Å²) in [6.45, 7) is 0. The Balaban J connectivity index is 1.87. The Kier molecular flexibility index (Phi) is 5.81. The standard InChI is InChI=1S/C20H21Cl2N5OS/c1-24-18(28)17-15(23)14-16(10-7-8-12(21)13(22)9-10)26-20(27-19(14)29-17)25-11-5-3-2-4-6-11/h7-9,11H,2-6,23H2,1H3,(H,24,28)(H,25,26,27). The SMILES string of the molecule is CNC(=O)c1sc2nc(NC3CCCCC3)nc(-c3ccc(Cl)c(Cl)c3)c2c1N. The maximum atomic E-state index is 12.3. The molecule has 0 saturated heterocycles. The van der Waals surface area contributed by atoms with Crippen molar-refractivity contribution in [2.24, 2.45) is 0 Å². The lowest BCUT2D eigenvalue weighted by atomic mass is 9.96. The zero-order chi connectivity index (χ0) is 20.5. The van der Waals surface area contributed by atoms with Gasteiger partial charge < -0.3 is 16.4 Å². The van der Waals surface area contributed by atoms with Crippen LogP contribution < -0.4 is 16.4 Å². The van der Waals surface area contributed by atoms with Gasteiger partial charge in [0, 0.05) is 18.7 Å². The van der Waals surface area contributed by atoms with Crippen LogP contribution in [-0.2, 0) is 0 Å². The molecule has 4 N–H and O–H groups in total. The van der Waals surface area contributed by atoms with Gasteiger partial charge in [0.25, 0.3) is 5.91 Å². The number of hydrogen-bond donors (Lipinski definition) is 3. The van der Waals surface area contributed by atoms with Gasteiger partial charge in [0.05, 0.1) is 26.8 Å². The molecule has 1 fully saturated rings. The molecule has 2 aromatic heterocycles. The largest absolute Gasteiger partial charge is 0.397 e. The predicted molar refractivity (Wildman–Crippen MR) is 121 cm³/mol. The number of benzene rings is 1. The first-order valence-corrected chi connectivity index (χ1v) is 11.1. The molecule has 0 radical (unpaired) electrons. The number of amides is 1. The highest BCUT2D eigenvalue weighted by atomic mass is 35.5. The van der Waals surface area contributed by atoms with Crippen molar-refractivity contribution < 1.29 is 4.79 Å². The number of nitrogen functional groups attached to an aromatic ring is 1. The normalized spacial score (nSPS) is 14.9. The monoisotopic (exact) mass is 449 g/mol. The molecular weight excluding hydrogens is 429 g/mol. The summed E-state index contributed by atoms with van der Waals surface area (Å²) in [6, 6.07) is 5.67. The van der Waals surface area contributed by atoms with Gasteiger partial charge in [-0.1, -0.05) is 48.5 Å². The van der Waals surface area contributed by atoms with E-state index in [0.29, 0.717) is 48.5 Å². The highest BCUT2D eigenvalue weighted by Gasteiger charge is 2.23. The summed E-state index contributed by atoms with van der Waals surface area (Å²) in [5, 5.41) is 7.64. The van der Waals surface area contributed by atoms with Crippen LogP contribution in [0.2, 0.25) is 10.0 Å². The highest BCUT2D eigenvalue weighted by molar-refractivity contribution is 7.21. The van der Waals surface area contributed by atoms with Gasteiger partial charge in [-0.15, -0.1) is 11.3 Å². The van der Waals surface area contributed by atoms with Crippen molar-refractivity contribution in [2.75, 3.05) is 18.1 Å². The second-order valence-electron chi connectivity index (χ2n) is 7.11. The fraction of sp³-hybridized carbons (Fsp3) is 0.350. The van der Waals surface area contributed by atoms with E-state index in [-0.39, 0.29) is 5.91 Å². The summed E-state index contributed by atoms with van der Waals surface area (Å²) in [4.78, 5) is 22.8. The minimum absolute atomic E-state index is 0.243. The third-order valence-electron chi connectivity index (χ3n) is 5.15. The zero-order valence-corrected chi connectivity index (χ0v) is 18.2. The van der Waals surface area contributed by atoms with Gasteiger partial charge in [0.2, 0.25) is 5.95 Å². The van der Waals surface area contributed by atoms with Crippen LogP contribution >= 0.6 is 34.5 Å². The molecule has 152 valence electrons. The number of halogens is 2. The molecule has 4 rings (SSSR count). The van der Waals surface area contributed by atoms with Crippen LogP contribution in [0.5, 0.6) is 0 Å². The number of fused-ring (bicyclic) bond motifs is 1. The van der Waals surface area contributed by atoms with E-state index < -0.39 is 0 Å². The number of thiophene rings is 1. The van der Waals surface area contributed by atoms with Gasteiger partial charge in [-0.05, 0) is 25.0 Å². The molecule has 1 saturated carbocycles. The number of carbonyl (C=O) groups excluding carboxylic acids is 1. The fourth-order valence-electron chi connectivity index (χ4n) is 3.65. The van der Waals surface area contributed by atoms with E-state index in [9.17, 15) is 4.79 Å². The zero-order valence-electron chi connectivity index (χ0n) is 15.9. The Morgan fingerprint density at radius 3 is 2.62 bits per heavy atom. The lowest BCUT2D eigenvalue weighted by Gasteiger charge is -2.23. The summed E-state index contributed by atoms with van der Waals surface area (Å²) in [5.41, 5.74) is 8.12. The van der Waals surface area contributed by atoms with Crippen molar-refractivity contribution in [3.8, 4) is 11.3 Å². The lowest BCUT2D eigenvalue weighted by Crippen LogP contribution is -2.23. The van der Waals surface area contributed by atoms with Crippen molar-refractivity contribution >= 4 is 62.3 Å². The molecule has 0 unspecified atom stereocenters. The smallest absolute Gasteiger partial charge is 0.263 e. The number of aromatic nitrogens is 2. The number of anilines is 2. The third kappa shape index (κ3) is 3.99. The van der Waals surface area contributed by atoms with Crippen LogP contribution in [0, 0.1) is 0 Å². The Hall–Kier alpha value is -2.09. The van der Waals surface area contributed by atoms with Gasteiger partial charge in [-0.3, -0.25) is 4.79 Å². The molecule has 1 aliphatic carbocycles. The van der Waals surface area contributed by atoms with Gasteiger partial charge >= 0.3 is 0 Å². The van der Waals surface area contributed by atoms with Gasteiger partial charge in [-0.25, -0.2) is 9.97 Å². The second kappa shape index (κ2) is 8.34. The minimum Gasteiger partial charge on any atom is -0.397 e. The van der Waals surface area contributed by atoms with Crippen LogP contribution in [0.1, 0.15) is 41.8 Å². The molecule has 2 heterocycles. The van der Waals surface area contributed by atoms with Gasteiger partial charge in [-0.2, -0.15) is 0 Å². The van der Waals surface area contributed by atoms with E-state index >= 15 is 0 Å². The summed E-state index contributed by atoms with van der Waals surface area (Å²) < 4.78 is 0. The summed E-state index contributed by atoms with van der Waals surface area (Å²) in [5.74, 6) is 0.294. The number of nitrogens with one attached hydrogen (secondary N) is 2. The van der Waals surface area contributed by atoms with Crippen LogP contribution in [-0.4, -0.2) is 29.0 Å². The predicted octanol–water partition coefficient (Wildman–Crippen LogP) is 5.35. The lowest BCUT2D eigenvalue weighted by molar-refractivity contribution is 0.0968. The second-order valence-corrected chi connectivity index (χ2v) is 8.92. The fourth-order valence-corrected chi connectivity index (χ4v) is 4.99. The molecule has 0 spiro atoms. The van der Waals surface area contributed by atoms with Gasteiger partial charge in [0.15, 0.2) is 0 Å². The highest BCUT2D eigenvalue weighted by Crippen LogP contribution is 2.40. The third-order valence-corrected chi connectivity index (χ3v) is 6.99. The molecule has 6 nitrogen and oxygen atoms in total. The number of rotatable bonds is 4. The van der Waals surface area contributed by atoms with E-state index in [0.717, 1.165) is 18.4 Å². The molecular formula is C20H21Cl2N5OS. The van der Waals surface area contributed by atoms with E-state index in [1.165, 1.54) is 30.6 Å². The van der Waals surface area contributed by atoms with Crippen molar-refractivity contribution in [2.45, 2.75) is 38.1 Å². The molecule has 1 aromatic carbocycles. The Morgan fingerprint density at radius 1 is 1.17 bits per heavy atom. The van der Waals surface area contributed by atoms with Crippen molar-refractivity contribution in [1.29, 1.82) is 0 Å². The number of hydrogen-bond acceptors (Lipinski definition) is 6. The molecule has 9 heteroatoms. The molecule has 29 heavy (non-hydrogen) atoms. The van der Waals surface area contributed by atoms with Gasteiger partial charge in [0.1, 0.15) is 9.71 Å². The Bertz CT molecular complexity index is 1080. The van der Waals surface area contributed by atoms with Crippen molar-refractivity contribution in [3.05, 3.63) is 33.1 Å². The first-order chi connectivity index (χ1) is 14.0. The number of nitrogens with two attached hydrogens (primary N) is 1. The average Bonchev–Trinajstić information content (AvgIpc) is 3.06. The Morgan fingerprint density at radius 2 is 1.93 bits per heavy atom. The van der Waals surface area contributed by atoms with E-state index in [1.54, 1.807) is 19.2 Å². The minimum atomic E-state index is -0.243. The first-order valence-electron chi connectivity index (χ1n) is 9.52. The molecule has 3 aromatic rings. The van der Waals surface area contributed by atoms with E-state index in [4.69, 9.17) is 33.9 Å². The topological polar surface area (TPSA) is 92.9 Å². The quantitative estimate of drug-likeness (QED) is 0.498. The molecule has 1 amide bonds. The maximum absolute atomic E-state index is 12.3. The maximum Gasteiger partial charge on any atom is 0.263 e. The Labute approximate surface area is 182 Å². The summed E-state index contributed by atoms with van der Waals surface area (Å²) in [6.07, 6.45) is 5.86. The van der Waals surface area contributed by atoms with E-state index in [2.05, 4.69) is 15.6 Å². The number of nitrogens with zero attached hydrogens (tertiary/aromatic N) is 2. The first kappa shape index (κ1) is 20.2. The summed E-state index contributed by atoms with van der Waals surface area (Å²) >= 11 is 13.6. The van der Waals surface area contributed by atoms with Crippen molar-refractivity contribution in [3.63, 3.8) is 0 Å². The van der Waals surface area contributed by atoms with Crippen LogP contribution in [0.15, 0.2) is 18.2 Å². The van der Waals surface area contributed by atoms with Crippen molar-refractivity contribution in [1.82, 2.24) is 15.3 Å². The summed E-state index contributed by atoms with van der Waals surface area (Å²) in [7, 11) is 1.58. The molecule has 0 bridgehead atoms. The molecule has 1 aliphatic rings.